The maximum Gasteiger partial charge on any atom is 0.325 e. The van der Waals surface area contributed by atoms with Crippen LogP contribution in [0.25, 0.3) is 0 Å². The maximum atomic E-state index is 13.8. The molecule has 26 heavy (non-hydrogen) atoms. The normalized spacial score (nSPS) is 19.6. The van der Waals surface area contributed by atoms with E-state index < -0.39 is 40.6 Å². The molecule has 1 heterocycles. The Hall–Kier alpha value is -3.36. The van der Waals surface area contributed by atoms with Gasteiger partial charge in [0.15, 0.2) is 11.6 Å². The van der Waals surface area contributed by atoms with Gasteiger partial charge in [0.05, 0.1) is 11.5 Å². The molecule has 9 heteroatoms. The number of hydrogen-bond acceptors (Lipinski definition) is 4. The van der Waals surface area contributed by atoms with Crippen molar-refractivity contribution in [2.45, 2.75) is 19.0 Å². The number of imide groups is 1. The number of non-ortho nitro benzene ring substituents is 1. The van der Waals surface area contributed by atoms with E-state index in [1.807, 2.05) is 0 Å². The van der Waals surface area contributed by atoms with Gasteiger partial charge in [0.25, 0.3) is 11.6 Å². The van der Waals surface area contributed by atoms with Crippen molar-refractivity contribution in [1.29, 1.82) is 0 Å². The molecular formula is C17H13F2N3O4. The predicted octanol–water partition coefficient (Wildman–Crippen LogP) is 2.84. The molecule has 1 unspecified atom stereocenters. The molecule has 0 spiro atoms. The highest BCUT2D eigenvalue weighted by molar-refractivity contribution is 6.07. The fourth-order valence-corrected chi connectivity index (χ4v) is 2.81. The molecule has 0 saturated carbocycles. The fraction of sp³-hybridized carbons (Fsp3) is 0.176. The molecule has 0 aliphatic carbocycles. The number of carbonyl (C=O) groups is 2. The van der Waals surface area contributed by atoms with Gasteiger partial charge in [-0.3, -0.25) is 19.8 Å². The Morgan fingerprint density at radius 1 is 1.19 bits per heavy atom. The fourth-order valence-electron chi connectivity index (χ4n) is 2.81. The van der Waals surface area contributed by atoms with Crippen LogP contribution >= 0.6 is 0 Å². The van der Waals surface area contributed by atoms with E-state index in [4.69, 9.17) is 0 Å². The Morgan fingerprint density at radius 3 is 2.58 bits per heavy atom. The van der Waals surface area contributed by atoms with E-state index in [9.17, 15) is 28.5 Å². The number of rotatable bonds is 4. The van der Waals surface area contributed by atoms with Crippen molar-refractivity contribution in [2.24, 2.45) is 0 Å². The van der Waals surface area contributed by atoms with Gasteiger partial charge in [-0.2, -0.15) is 0 Å². The molecule has 0 radical (unpaired) electrons. The maximum absolute atomic E-state index is 13.8. The molecule has 1 aliphatic rings. The minimum absolute atomic E-state index is 0.156. The monoisotopic (exact) mass is 361 g/mol. The van der Waals surface area contributed by atoms with E-state index in [-0.39, 0.29) is 16.8 Å². The van der Waals surface area contributed by atoms with Crippen LogP contribution in [-0.2, 0) is 16.9 Å². The first-order chi connectivity index (χ1) is 12.2. The number of nitrogens with one attached hydrogen (secondary N) is 1. The third-order valence-electron chi connectivity index (χ3n) is 4.27. The van der Waals surface area contributed by atoms with E-state index in [1.165, 1.54) is 43.3 Å². The first-order valence-corrected chi connectivity index (χ1v) is 7.56. The SMILES string of the molecule is CC1(c2cccc([N+](=O)[O-])c2)NC(=O)N(Cc2cccc(F)c2F)C1=O. The van der Waals surface area contributed by atoms with Crippen molar-refractivity contribution in [2.75, 3.05) is 0 Å². The molecule has 1 aliphatic heterocycles. The van der Waals surface area contributed by atoms with Gasteiger partial charge in [0.2, 0.25) is 0 Å². The van der Waals surface area contributed by atoms with E-state index in [2.05, 4.69) is 5.32 Å². The summed E-state index contributed by atoms with van der Waals surface area (Å²) in [6, 6.07) is 7.97. The molecule has 0 aromatic heterocycles. The first kappa shape index (κ1) is 17.5. The average molecular weight is 361 g/mol. The number of carbonyl (C=O) groups excluding carboxylic acids is 2. The largest absolute Gasteiger partial charge is 0.325 e. The molecule has 3 amide bonds. The summed E-state index contributed by atoms with van der Waals surface area (Å²) in [7, 11) is 0. The van der Waals surface area contributed by atoms with Crippen molar-refractivity contribution in [3.63, 3.8) is 0 Å². The number of benzene rings is 2. The summed E-state index contributed by atoms with van der Waals surface area (Å²) in [4.78, 5) is 36.1. The van der Waals surface area contributed by atoms with Gasteiger partial charge in [-0.25, -0.2) is 13.6 Å². The van der Waals surface area contributed by atoms with Crippen LogP contribution in [0.4, 0.5) is 19.3 Å². The third kappa shape index (κ3) is 2.77. The molecule has 0 bridgehead atoms. The van der Waals surface area contributed by atoms with Gasteiger partial charge < -0.3 is 5.32 Å². The number of urea groups is 1. The summed E-state index contributed by atoms with van der Waals surface area (Å²) in [5.41, 5.74) is -1.73. The zero-order valence-corrected chi connectivity index (χ0v) is 13.5. The highest BCUT2D eigenvalue weighted by Gasteiger charge is 2.49. The number of nitro benzene ring substituents is 1. The molecule has 7 nitrogen and oxygen atoms in total. The summed E-state index contributed by atoms with van der Waals surface area (Å²) >= 11 is 0. The zero-order valence-electron chi connectivity index (χ0n) is 13.5. The summed E-state index contributed by atoms with van der Waals surface area (Å²) in [6.07, 6.45) is 0. The van der Waals surface area contributed by atoms with Gasteiger partial charge >= 0.3 is 6.03 Å². The van der Waals surface area contributed by atoms with Crippen LogP contribution in [0, 0.1) is 21.7 Å². The lowest BCUT2D eigenvalue weighted by Crippen LogP contribution is -2.40. The minimum Gasteiger partial charge on any atom is -0.319 e. The first-order valence-electron chi connectivity index (χ1n) is 7.56. The highest BCUT2D eigenvalue weighted by atomic mass is 19.2. The van der Waals surface area contributed by atoms with Gasteiger partial charge in [-0.1, -0.05) is 24.3 Å². The second kappa shape index (κ2) is 6.17. The van der Waals surface area contributed by atoms with E-state index in [1.54, 1.807) is 0 Å². The molecule has 2 aromatic carbocycles. The molecular weight excluding hydrogens is 348 g/mol. The van der Waals surface area contributed by atoms with Crippen LogP contribution in [0.15, 0.2) is 42.5 Å². The second-order valence-electron chi connectivity index (χ2n) is 5.97. The zero-order chi connectivity index (χ0) is 19.1. The van der Waals surface area contributed by atoms with E-state index in [0.717, 1.165) is 11.0 Å². The standard InChI is InChI=1S/C17H13F2N3O4/c1-17(11-5-3-6-12(8-11)22(25)26)15(23)21(16(24)20-17)9-10-4-2-7-13(18)14(10)19/h2-8H,9H2,1H3,(H,20,24). The lowest BCUT2D eigenvalue weighted by atomic mass is 9.91. The van der Waals surface area contributed by atoms with Crippen LogP contribution < -0.4 is 5.32 Å². The number of nitro groups is 1. The quantitative estimate of drug-likeness (QED) is 0.515. The molecule has 1 saturated heterocycles. The van der Waals surface area contributed by atoms with Crippen LogP contribution in [0.1, 0.15) is 18.1 Å². The van der Waals surface area contributed by atoms with Crippen LogP contribution in [0.5, 0.6) is 0 Å². The van der Waals surface area contributed by atoms with E-state index in [0.29, 0.717) is 0 Å². The third-order valence-corrected chi connectivity index (χ3v) is 4.27. The van der Waals surface area contributed by atoms with Crippen molar-refractivity contribution < 1.29 is 23.3 Å². The van der Waals surface area contributed by atoms with Crippen molar-refractivity contribution >= 4 is 17.6 Å². The molecule has 3 rings (SSSR count). The molecule has 1 fully saturated rings. The molecule has 1 atom stereocenters. The van der Waals surface area contributed by atoms with Gasteiger partial charge in [-0.15, -0.1) is 0 Å². The molecule has 134 valence electrons. The summed E-state index contributed by atoms with van der Waals surface area (Å²) in [5.74, 6) is -2.94. The van der Waals surface area contributed by atoms with Gasteiger partial charge in [0.1, 0.15) is 5.54 Å². The lowest BCUT2D eigenvalue weighted by Gasteiger charge is -2.22. The Balaban J connectivity index is 1.94. The summed E-state index contributed by atoms with van der Waals surface area (Å²) in [5, 5.41) is 13.4. The van der Waals surface area contributed by atoms with Crippen LogP contribution in [-0.4, -0.2) is 21.8 Å². The summed E-state index contributed by atoms with van der Waals surface area (Å²) < 4.78 is 27.2. The van der Waals surface area contributed by atoms with Gasteiger partial charge in [-0.05, 0) is 18.6 Å². The smallest absolute Gasteiger partial charge is 0.319 e. The Morgan fingerprint density at radius 2 is 1.88 bits per heavy atom. The highest BCUT2D eigenvalue weighted by Crippen LogP contribution is 2.32. The van der Waals surface area contributed by atoms with Gasteiger partial charge in [0, 0.05) is 17.7 Å². The Kier molecular flexibility index (Phi) is 4.15. The second-order valence-corrected chi connectivity index (χ2v) is 5.97. The van der Waals surface area contributed by atoms with Crippen molar-refractivity contribution in [3.8, 4) is 0 Å². The summed E-state index contributed by atoms with van der Waals surface area (Å²) in [6.45, 7) is 0.938. The minimum atomic E-state index is -1.55. The van der Waals surface area contributed by atoms with E-state index >= 15 is 0 Å². The predicted molar refractivity (Wildman–Crippen MR) is 85.9 cm³/mol. The number of hydrogen-bond donors (Lipinski definition) is 1. The number of nitrogens with zero attached hydrogens (tertiary/aromatic N) is 2. The van der Waals surface area contributed by atoms with Crippen LogP contribution in [0.2, 0.25) is 0 Å². The lowest BCUT2D eigenvalue weighted by molar-refractivity contribution is -0.385. The number of halogens is 2. The Bertz CT molecular complexity index is 934. The Labute approximate surface area is 146 Å². The molecule has 1 N–H and O–H groups in total. The number of amides is 3. The topological polar surface area (TPSA) is 92.6 Å². The molecule has 2 aromatic rings. The van der Waals surface area contributed by atoms with Crippen molar-refractivity contribution in [1.82, 2.24) is 10.2 Å². The van der Waals surface area contributed by atoms with Crippen molar-refractivity contribution in [3.05, 3.63) is 75.3 Å². The van der Waals surface area contributed by atoms with Crippen LogP contribution in [0.3, 0.4) is 0 Å². The average Bonchev–Trinajstić information content (AvgIpc) is 2.83.